The fraction of sp³-hybridized carbons (Fsp3) is 0.125. The number of hydrogen-bond acceptors (Lipinski definition) is 11. The third-order valence-electron chi connectivity index (χ3n) is 10.4. The lowest BCUT2D eigenvalue weighted by Gasteiger charge is -2.24. The van der Waals surface area contributed by atoms with Crippen molar-refractivity contribution in [3.05, 3.63) is 155 Å². The van der Waals surface area contributed by atoms with Crippen LogP contribution in [0.15, 0.2) is 148 Å². The van der Waals surface area contributed by atoms with Crippen LogP contribution < -0.4 is 15.3 Å². The van der Waals surface area contributed by atoms with Crippen molar-refractivity contribution in [3.8, 4) is 28.2 Å². The van der Waals surface area contributed by atoms with Crippen molar-refractivity contribution in [2.24, 2.45) is 0 Å². The average molecular weight is 865 g/mol. The Labute approximate surface area is 360 Å². The van der Waals surface area contributed by atoms with Gasteiger partial charge in [0, 0.05) is 59.4 Å². The number of methoxy groups -OCH3 is 1. The lowest BCUT2D eigenvalue weighted by atomic mass is 9.93. The average Bonchev–Trinajstić information content (AvgIpc) is 3.27. The van der Waals surface area contributed by atoms with Gasteiger partial charge in [0.1, 0.15) is 17.1 Å². The number of anilines is 1. The van der Waals surface area contributed by atoms with Crippen LogP contribution in [0.25, 0.3) is 55.2 Å². The molecule has 14 nitrogen and oxygen atoms in total. The summed E-state index contributed by atoms with van der Waals surface area (Å²) in [6.07, 6.45) is 0.184. The molecule has 6 aromatic rings. The highest BCUT2D eigenvalue weighted by Gasteiger charge is 2.34. The lowest BCUT2D eigenvalue weighted by molar-refractivity contribution is -0.631. The first-order chi connectivity index (χ1) is 30.3. The van der Waals surface area contributed by atoms with E-state index in [-0.39, 0.29) is 59.6 Å². The van der Waals surface area contributed by atoms with Crippen molar-refractivity contribution in [2.75, 3.05) is 19.0 Å². The Bertz CT molecular complexity index is 3190. The molecule has 0 saturated carbocycles. The van der Waals surface area contributed by atoms with Crippen molar-refractivity contribution < 1.29 is 51.2 Å². The summed E-state index contributed by atoms with van der Waals surface area (Å²) >= 11 is 0. The van der Waals surface area contributed by atoms with Crippen LogP contribution in [0, 0.1) is 6.92 Å². The number of carbonyl (C=O) groups excluding carboxylic acids is 5. The van der Waals surface area contributed by atoms with Gasteiger partial charge < -0.3 is 19.6 Å². The molecular weight excluding hydrogens is 827 g/mol. The van der Waals surface area contributed by atoms with Crippen molar-refractivity contribution in [1.29, 1.82) is 0 Å². The Morgan fingerprint density at radius 1 is 0.810 bits per heavy atom. The number of carbonyl (C=O) groups is 3. The number of nitrogens with zero attached hydrogens (tertiary/aromatic N) is 2. The van der Waals surface area contributed by atoms with Crippen LogP contribution in [-0.4, -0.2) is 55.4 Å². The van der Waals surface area contributed by atoms with Crippen LogP contribution in [0.5, 0.6) is 5.75 Å². The Balaban J connectivity index is 0.00000193. The van der Waals surface area contributed by atoms with Gasteiger partial charge in [0.2, 0.25) is 17.6 Å². The molecule has 0 radical (unpaired) electrons. The molecule has 2 heterocycles. The van der Waals surface area contributed by atoms with Crippen LogP contribution in [0.4, 0.5) is 5.69 Å². The number of para-hydroxylation sites is 2. The number of nitrogens with one attached hydrogen (secondary N) is 1. The highest BCUT2D eigenvalue weighted by atomic mass is 32.2. The van der Waals surface area contributed by atoms with E-state index in [1.54, 1.807) is 95.6 Å². The molecule has 2 amide bonds. The molecule has 1 aliphatic carbocycles. The first-order valence-electron chi connectivity index (χ1n) is 19.5. The molecule has 2 N–H and O–H groups in total. The van der Waals surface area contributed by atoms with Gasteiger partial charge in [-0.25, -0.2) is 12.7 Å². The molecule has 0 atom stereocenters. The summed E-state index contributed by atoms with van der Waals surface area (Å²) in [6.45, 7) is 1.37. The Morgan fingerprint density at radius 2 is 1.48 bits per heavy atom. The van der Waals surface area contributed by atoms with Crippen molar-refractivity contribution in [2.45, 2.75) is 31.2 Å². The van der Waals surface area contributed by atoms with Gasteiger partial charge in [0.15, 0.2) is 5.43 Å². The van der Waals surface area contributed by atoms with E-state index in [1.165, 1.54) is 37.4 Å². The van der Waals surface area contributed by atoms with Gasteiger partial charge in [-0.05, 0) is 79.6 Å². The number of fused-ring (bicyclic) bond motifs is 4. The molecule has 63 heavy (non-hydrogen) atoms. The van der Waals surface area contributed by atoms with Gasteiger partial charge in [-0.2, -0.15) is 14.2 Å². The zero-order chi connectivity index (χ0) is 44.8. The molecule has 15 heteroatoms. The minimum atomic E-state index is -4.39. The molecule has 1 aliphatic heterocycles. The Hall–Kier alpha value is -8.00. The molecule has 5 aromatic carbocycles. The van der Waals surface area contributed by atoms with Crippen molar-refractivity contribution in [1.82, 2.24) is 4.31 Å². The molecule has 0 saturated heterocycles. The highest BCUT2D eigenvalue weighted by Crippen LogP contribution is 2.41. The fourth-order valence-corrected chi connectivity index (χ4v) is 8.96. The number of aryl methyl sites for hydroxylation is 1. The first kappa shape index (κ1) is 43.1. The van der Waals surface area contributed by atoms with Gasteiger partial charge in [0.05, 0.1) is 28.3 Å². The first-order valence-corrected chi connectivity index (χ1v) is 20.9. The van der Waals surface area contributed by atoms with Gasteiger partial charge in [-0.3, -0.25) is 19.2 Å². The molecule has 0 bridgehead atoms. The van der Waals surface area contributed by atoms with Gasteiger partial charge in [-0.15, -0.1) is 0 Å². The number of rotatable bonds is 11. The van der Waals surface area contributed by atoms with Crippen molar-refractivity contribution in [3.63, 3.8) is 0 Å². The standard InChI is InChI=1S/C47H37N3O9S.CO2/c1-29-16-20-34(21-17-29)60(56,57)50(24-8-15-44(54)58-2)47(55)46-35-11-3-5-13-39(35)49(40-14-6-4-12-36(40)46)28-43(53)48-31-10-7-9-30(25-31)45-37-22-18-32(51)26-41(37)59-42-27-33(52)19-23-38(42)45;2-1-3/h3-7,9-14,16-23,25-27H,8,15,24,28H2,1-2H3,(H-,48,51,52,53);/p+1. The number of ether oxygens (including phenoxy) is 1. The summed E-state index contributed by atoms with van der Waals surface area (Å²) in [5.41, 5.74) is 4.79. The molecule has 316 valence electrons. The van der Waals surface area contributed by atoms with Gasteiger partial charge in [0.25, 0.3) is 21.8 Å². The van der Waals surface area contributed by atoms with Crippen LogP contribution in [0.1, 0.15) is 28.8 Å². The van der Waals surface area contributed by atoms with Gasteiger partial charge >= 0.3 is 12.1 Å². The van der Waals surface area contributed by atoms with Crippen LogP contribution in [-0.2, 0) is 40.5 Å². The smallest absolute Gasteiger partial charge is 0.373 e. The molecule has 1 aromatic heterocycles. The number of pyridine rings is 1. The number of aromatic hydroxyl groups is 1. The predicted molar refractivity (Wildman–Crippen MR) is 232 cm³/mol. The molecule has 0 spiro atoms. The largest absolute Gasteiger partial charge is 0.508 e. The summed E-state index contributed by atoms with van der Waals surface area (Å²) in [7, 11) is -3.15. The van der Waals surface area contributed by atoms with E-state index >= 15 is 0 Å². The van der Waals surface area contributed by atoms with E-state index in [4.69, 9.17) is 18.7 Å². The number of phenolic OH excluding ortho intramolecular Hbond substituents is 1. The van der Waals surface area contributed by atoms with Gasteiger partial charge in [-0.1, -0.05) is 54.1 Å². The van der Waals surface area contributed by atoms with E-state index < -0.39 is 21.9 Å². The number of aromatic nitrogens is 1. The molecule has 2 aliphatic rings. The minimum Gasteiger partial charge on any atom is -0.508 e. The number of esters is 1. The summed E-state index contributed by atoms with van der Waals surface area (Å²) < 4.78 is 41.8. The summed E-state index contributed by atoms with van der Waals surface area (Å²) in [4.78, 5) is 69.4. The molecule has 8 rings (SSSR count). The maximum absolute atomic E-state index is 14.8. The van der Waals surface area contributed by atoms with Crippen molar-refractivity contribution >= 4 is 72.4 Å². The summed E-state index contributed by atoms with van der Waals surface area (Å²) in [5, 5.41) is 14.7. The predicted octanol–water partition coefficient (Wildman–Crippen LogP) is 7.01. The second kappa shape index (κ2) is 18.3. The number of amides is 2. The second-order valence-corrected chi connectivity index (χ2v) is 16.3. The maximum Gasteiger partial charge on any atom is 0.373 e. The van der Waals surface area contributed by atoms with E-state index in [1.807, 2.05) is 19.1 Å². The number of hydrogen-bond donors (Lipinski definition) is 2. The summed E-state index contributed by atoms with van der Waals surface area (Å²) in [5.74, 6) is -1.34. The monoisotopic (exact) mass is 864 g/mol. The third kappa shape index (κ3) is 8.91. The van der Waals surface area contributed by atoms with Crippen LogP contribution in [0.2, 0.25) is 0 Å². The second-order valence-electron chi connectivity index (χ2n) is 14.4. The van der Waals surface area contributed by atoms with Crippen LogP contribution in [0.3, 0.4) is 0 Å². The number of phenols is 1. The zero-order valence-electron chi connectivity index (χ0n) is 33.9. The normalized spacial score (nSPS) is 11.1. The molecule has 0 unspecified atom stereocenters. The van der Waals surface area contributed by atoms with E-state index in [0.29, 0.717) is 49.8 Å². The topological polar surface area (TPSA) is 198 Å². The maximum atomic E-state index is 14.8. The van der Waals surface area contributed by atoms with E-state index in [0.717, 1.165) is 21.0 Å². The highest BCUT2D eigenvalue weighted by molar-refractivity contribution is 7.89. The SMILES string of the molecule is COC(=O)CCCN(C(=O)c1c2ccccc2[n+](CC(=O)Nc2cccc(-c3c4ccc(=O)cc-4oc4cc(O)ccc34)c2)c2ccccc12)S(=O)(=O)c1ccc(C)cc1.O=C=O. The van der Waals surface area contributed by atoms with E-state index in [9.17, 15) is 32.7 Å². The van der Waals surface area contributed by atoms with E-state index in [2.05, 4.69) is 5.32 Å². The third-order valence-corrected chi connectivity index (χ3v) is 12.2. The quantitative estimate of drug-likeness (QED) is 0.0770. The molecular formula is C48H38N3O11S+. The lowest BCUT2D eigenvalue weighted by Crippen LogP contribution is -2.43. The fourth-order valence-electron chi connectivity index (χ4n) is 7.55. The van der Waals surface area contributed by atoms with Crippen LogP contribution >= 0.6 is 0 Å². The Morgan fingerprint density at radius 3 is 2.14 bits per heavy atom. The molecule has 0 fully saturated rings. The summed E-state index contributed by atoms with van der Waals surface area (Å²) in [6, 6.07) is 36.8. The zero-order valence-corrected chi connectivity index (χ0v) is 34.7. The number of benzene rings is 6. The Kier molecular flexibility index (Phi) is 12.5. The minimum absolute atomic E-state index is 0.00559. The number of sulfonamides is 1.